The Balaban J connectivity index is 1.93. The number of hydrogen-bond acceptors (Lipinski definition) is 4. The molecule has 1 unspecified atom stereocenters. The fourth-order valence-electron chi connectivity index (χ4n) is 4.86. The van der Waals surface area contributed by atoms with Gasteiger partial charge in [-0.1, -0.05) is 32.8 Å². The third-order valence-electron chi connectivity index (χ3n) is 6.74. The van der Waals surface area contributed by atoms with Crippen molar-refractivity contribution in [2.24, 2.45) is 5.92 Å². The topological polar surface area (TPSA) is 60.9 Å². The van der Waals surface area contributed by atoms with Crippen LogP contribution in [-0.4, -0.2) is 54.0 Å². The van der Waals surface area contributed by atoms with Crippen molar-refractivity contribution >= 4 is 34.5 Å². The molecule has 0 saturated carbocycles. The highest BCUT2D eigenvalue weighted by Gasteiger charge is 2.35. The largest absolute Gasteiger partial charge is 0.477 e. The van der Waals surface area contributed by atoms with Gasteiger partial charge in [0.1, 0.15) is 4.88 Å². The molecule has 0 radical (unpaired) electrons. The standard InChI is InChI=1S/C25H36F2N2O3S/c1-3-4-8-17(2)24(30)29(19-11-13-28(14-12-19)16-22(26)27)20-15-21(33-23(20)25(31)32)18-9-6-5-7-10-18/h9,15,17,19,22H,3-8,10-14,16H2,1-2H3,(H,31,32). The van der Waals surface area contributed by atoms with Crippen LogP contribution in [0.25, 0.3) is 5.57 Å². The number of hydrogen-bond donors (Lipinski definition) is 1. The van der Waals surface area contributed by atoms with Gasteiger partial charge >= 0.3 is 5.97 Å². The third-order valence-corrected chi connectivity index (χ3v) is 7.93. The molecule has 2 aliphatic rings. The van der Waals surface area contributed by atoms with Crippen LogP contribution in [0.5, 0.6) is 0 Å². The second-order valence-corrected chi connectivity index (χ2v) is 10.3. The summed E-state index contributed by atoms with van der Waals surface area (Å²) in [7, 11) is 0. The number of carboxylic acid groups (broad SMARTS) is 1. The van der Waals surface area contributed by atoms with Crippen molar-refractivity contribution in [1.82, 2.24) is 4.90 Å². The Morgan fingerprint density at radius 3 is 2.58 bits per heavy atom. The number of carboxylic acids is 1. The number of alkyl halides is 2. The highest BCUT2D eigenvalue weighted by molar-refractivity contribution is 7.15. The first-order chi connectivity index (χ1) is 15.8. The molecule has 184 valence electrons. The summed E-state index contributed by atoms with van der Waals surface area (Å²) in [5.74, 6) is -1.30. The van der Waals surface area contributed by atoms with E-state index in [1.165, 1.54) is 11.3 Å². The molecule has 1 N–H and O–H groups in total. The van der Waals surface area contributed by atoms with Crippen LogP contribution in [0.2, 0.25) is 0 Å². The van der Waals surface area contributed by atoms with E-state index in [0.717, 1.165) is 55.4 Å². The Hall–Kier alpha value is -1.80. The predicted octanol–water partition coefficient (Wildman–Crippen LogP) is 6.29. The van der Waals surface area contributed by atoms with Gasteiger partial charge in [0.15, 0.2) is 0 Å². The number of aromatic carboxylic acids is 1. The summed E-state index contributed by atoms with van der Waals surface area (Å²) in [6, 6.07) is 1.71. The van der Waals surface area contributed by atoms with Crippen LogP contribution in [0.15, 0.2) is 12.1 Å². The van der Waals surface area contributed by atoms with Crippen molar-refractivity contribution in [3.8, 4) is 0 Å². The second kappa shape index (κ2) is 12.1. The molecule has 1 saturated heterocycles. The lowest BCUT2D eigenvalue weighted by Gasteiger charge is -2.39. The van der Waals surface area contributed by atoms with E-state index in [9.17, 15) is 23.5 Å². The number of unbranched alkanes of at least 4 members (excludes halogenated alkanes) is 1. The number of anilines is 1. The van der Waals surface area contributed by atoms with Gasteiger partial charge in [0.2, 0.25) is 5.91 Å². The van der Waals surface area contributed by atoms with E-state index in [0.29, 0.717) is 31.6 Å². The lowest BCUT2D eigenvalue weighted by Crippen LogP contribution is -2.50. The fraction of sp³-hybridized carbons (Fsp3) is 0.680. The van der Waals surface area contributed by atoms with E-state index >= 15 is 0 Å². The molecule has 0 aromatic carbocycles. The number of carbonyl (C=O) groups excluding carboxylic acids is 1. The van der Waals surface area contributed by atoms with Crippen molar-refractivity contribution in [1.29, 1.82) is 0 Å². The smallest absolute Gasteiger partial charge is 0.348 e. The van der Waals surface area contributed by atoms with Crippen LogP contribution < -0.4 is 4.90 Å². The van der Waals surface area contributed by atoms with Crippen LogP contribution in [0.4, 0.5) is 14.5 Å². The van der Waals surface area contributed by atoms with Crippen molar-refractivity contribution in [3.05, 3.63) is 21.9 Å². The van der Waals surface area contributed by atoms with Gasteiger partial charge in [-0.3, -0.25) is 9.69 Å². The first-order valence-corrected chi connectivity index (χ1v) is 13.0. The first kappa shape index (κ1) is 25.8. The number of halogens is 2. The molecule has 0 bridgehead atoms. The molecule has 1 fully saturated rings. The number of thiophene rings is 1. The van der Waals surface area contributed by atoms with Gasteiger partial charge in [-0.15, -0.1) is 11.3 Å². The molecule has 2 heterocycles. The number of rotatable bonds is 10. The van der Waals surface area contributed by atoms with Crippen molar-refractivity contribution in [2.75, 3.05) is 24.5 Å². The Bertz CT molecular complexity index is 847. The minimum atomic E-state index is -2.38. The van der Waals surface area contributed by atoms with E-state index in [1.54, 1.807) is 9.80 Å². The van der Waals surface area contributed by atoms with Crippen molar-refractivity contribution in [2.45, 2.75) is 84.1 Å². The summed E-state index contributed by atoms with van der Waals surface area (Å²) >= 11 is 1.25. The molecule has 1 aromatic rings. The molecule has 33 heavy (non-hydrogen) atoms. The number of carbonyl (C=O) groups is 2. The molecular weight excluding hydrogens is 446 g/mol. The molecule has 8 heteroatoms. The van der Waals surface area contributed by atoms with Crippen LogP contribution >= 0.6 is 11.3 Å². The maximum Gasteiger partial charge on any atom is 0.348 e. The van der Waals surface area contributed by atoms with Crippen molar-refractivity contribution in [3.63, 3.8) is 0 Å². The second-order valence-electron chi connectivity index (χ2n) is 9.28. The normalized spacial score (nSPS) is 18.9. The molecule has 1 aliphatic heterocycles. The highest BCUT2D eigenvalue weighted by Crippen LogP contribution is 2.40. The van der Waals surface area contributed by atoms with Gasteiger partial charge in [-0.25, -0.2) is 13.6 Å². The summed E-state index contributed by atoms with van der Waals surface area (Å²) in [4.78, 5) is 30.4. The molecule has 0 spiro atoms. The van der Waals surface area contributed by atoms with Crippen LogP contribution in [0.1, 0.15) is 86.2 Å². The summed E-state index contributed by atoms with van der Waals surface area (Å²) in [5, 5.41) is 9.99. The summed E-state index contributed by atoms with van der Waals surface area (Å²) in [6.45, 7) is 4.69. The average molecular weight is 483 g/mol. The molecule has 1 atom stereocenters. The number of amides is 1. The van der Waals surface area contributed by atoms with Gasteiger partial charge in [0, 0.05) is 29.9 Å². The van der Waals surface area contributed by atoms with Crippen molar-refractivity contribution < 1.29 is 23.5 Å². The average Bonchev–Trinajstić information content (AvgIpc) is 3.24. The predicted molar refractivity (Wildman–Crippen MR) is 129 cm³/mol. The zero-order valence-corrected chi connectivity index (χ0v) is 20.5. The molecule has 1 aromatic heterocycles. The zero-order valence-electron chi connectivity index (χ0n) is 19.7. The SMILES string of the molecule is CCCCC(C)C(=O)N(c1cc(C2=CCCCC2)sc1C(=O)O)C1CCN(CC(F)F)CC1. The zero-order chi connectivity index (χ0) is 24.0. The van der Waals surface area contributed by atoms with Gasteiger partial charge in [-0.05, 0) is 56.6 Å². The van der Waals surface area contributed by atoms with Crippen LogP contribution in [-0.2, 0) is 4.79 Å². The number of likely N-dealkylation sites (tertiary alicyclic amines) is 1. The Morgan fingerprint density at radius 1 is 1.27 bits per heavy atom. The molecule has 3 rings (SSSR count). The van der Waals surface area contributed by atoms with Crippen LogP contribution in [0.3, 0.4) is 0 Å². The molecule has 1 amide bonds. The highest BCUT2D eigenvalue weighted by atomic mass is 32.1. The first-order valence-electron chi connectivity index (χ1n) is 12.2. The molecule has 5 nitrogen and oxygen atoms in total. The molecular formula is C25H36F2N2O3S. The number of nitrogens with zero attached hydrogens (tertiary/aromatic N) is 2. The lowest BCUT2D eigenvalue weighted by molar-refractivity contribution is -0.122. The van der Waals surface area contributed by atoms with E-state index in [-0.39, 0.29) is 29.3 Å². The number of piperidine rings is 1. The fourth-order valence-corrected chi connectivity index (χ4v) is 5.91. The van der Waals surface area contributed by atoms with Gasteiger partial charge < -0.3 is 10.0 Å². The summed E-state index contributed by atoms with van der Waals surface area (Å²) in [5.41, 5.74) is 1.65. The van der Waals surface area contributed by atoms with Crippen LogP contribution in [0, 0.1) is 5.92 Å². The van der Waals surface area contributed by atoms with E-state index in [4.69, 9.17) is 0 Å². The quantitative estimate of drug-likeness (QED) is 0.426. The maximum absolute atomic E-state index is 13.7. The number of allylic oxidation sites excluding steroid dienone is 2. The lowest BCUT2D eigenvalue weighted by atomic mass is 9.96. The van der Waals surface area contributed by atoms with E-state index < -0.39 is 12.4 Å². The monoisotopic (exact) mass is 482 g/mol. The molecule has 1 aliphatic carbocycles. The minimum absolute atomic E-state index is 0.0553. The summed E-state index contributed by atoms with van der Waals surface area (Å²) < 4.78 is 25.7. The third kappa shape index (κ3) is 6.63. The van der Waals surface area contributed by atoms with Gasteiger partial charge in [0.25, 0.3) is 6.43 Å². The maximum atomic E-state index is 13.7. The Kier molecular flexibility index (Phi) is 9.44. The Morgan fingerprint density at radius 2 is 2.00 bits per heavy atom. The van der Waals surface area contributed by atoms with E-state index in [1.807, 2.05) is 13.0 Å². The van der Waals surface area contributed by atoms with Gasteiger partial charge in [0.05, 0.1) is 12.2 Å². The van der Waals surface area contributed by atoms with E-state index in [2.05, 4.69) is 13.0 Å². The van der Waals surface area contributed by atoms with Gasteiger partial charge in [-0.2, -0.15) is 0 Å². The Labute approximate surface area is 199 Å². The summed E-state index contributed by atoms with van der Waals surface area (Å²) in [6.07, 6.45) is 7.74. The minimum Gasteiger partial charge on any atom is -0.477 e.